The van der Waals surface area contributed by atoms with Crippen LogP contribution in [0.5, 0.6) is 17.2 Å². The zero-order chi connectivity index (χ0) is 13.2. The van der Waals surface area contributed by atoms with Gasteiger partial charge in [0.2, 0.25) is 6.79 Å². The lowest BCUT2D eigenvalue weighted by atomic mass is 10.1. The van der Waals surface area contributed by atoms with Gasteiger partial charge in [-0.2, -0.15) is 0 Å². The maximum Gasteiger partial charge on any atom is 0.231 e. The van der Waals surface area contributed by atoms with Gasteiger partial charge in [-0.15, -0.1) is 0 Å². The molecule has 3 rings (SSSR count). The SMILES string of the molecule is Oc1cc2c(cc1CNc1ccc(I)cc1)OCO2. The second-order valence-electron chi connectivity index (χ2n) is 4.19. The third kappa shape index (κ3) is 2.70. The summed E-state index contributed by atoms with van der Waals surface area (Å²) in [5.74, 6) is 1.48. The Bertz CT molecular complexity index is 598. The number of benzene rings is 2. The van der Waals surface area contributed by atoms with Crippen molar-refractivity contribution in [1.29, 1.82) is 0 Å². The van der Waals surface area contributed by atoms with Gasteiger partial charge in [-0.3, -0.25) is 0 Å². The molecule has 2 aromatic carbocycles. The standard InChI is InChI=1S/C14H12INO3/c15-10-1-3-11(4-2-10)16-7-9-5-13-14(6-12(9)17)19-8-18-13/h1-6,16-17H,7-8H2. The van der Waals surface area contributed by atoms with E-state index in [4.69, 9.17) is 9.47 Å². The van der Waals surface area contributed by atoms with Crippen LogP contribution in [-0.2, 0) is 6.54 Å². The van der Waals surface area contributed by atoms with Crippen molar-refractivity contribution >= 4 is 28.3 Å². The van der Waals surface area contributed by atoms with E-state index >= 15 is 0 Å². The van der Waals surface area contributed by atoms with Gasteiger partial charge in [-0.1, -0.05) is 0 Å². The molecule has 0 amide bonds. The number of hydrogen-bond acceptors (Lipinski definition) is 4. The van der Waals surface area contributed by atoms with E-state index in [-0.39, 0.29) is 12.5 Å². The largest absolute Gasteiger partial charge is 0.507 e. The molecule has 98 valence electrons. The first kappa shape index (κ1) is 12.4. The fraction of sp³-hybridized carbons (Fsp3) is 0.143. The quantitative estimate of drug-likeness (QED) is 0.815. The molecule has 1 aliphatic heterocycles. The van der Waals surface area contributed by atoms with Crippen molar-refractivity contribution in [3.8, 4) is 17.2 Å². The van der Waals surface area contributed by atoms with Gasteiger partial charge in [0.25, 0.3) is 0 Å². The first-order chi connectivity index (χ1) is 9.22. The Morgan fingerprint density at radius 3 is 2.53 bits per heavy atom. The molecule has 2 N–H and O–H groups in total. The number of anilines is 1. The third-order valence-corrected chi connectivity index (χ3v) is 3.62. The van der Waals surface area contributed by atoms with Crippen molar-refractivity contribution < 1.29 is 14.6 Å². The van der Waals surface area contributed by atoms with E-state index in [1.165, 1.54) is 3.57 Å². The summed E-state index contributed by atoms with van der Waals surface area (Å²) < 4.78 is 11.7. The summed E-state index contributed by atoms with van der Waals surface area (Å²) in [4.78, 5) is 0. The molecule has 5 heteroatoms. The maximum atomic E-state index is 9.92. The Kier molecular flexibility index (Phi) is 3.37. The molecular weight excluding hydrogens is 357 g/mol. The number of halogens is 1. The first-order valence-corrected chi connectivity index (χ1v) is 6.91. The Hall–Kier alpha value is -1.63. The highest BCUT2D eigenvalue weighted by molar-refractivity contribution is 14.1. The van der Waals surface area contributed by atoms with Crippen LogP contribution in [0, 0.1) is 3.57 Å². The summed E-state index contributed by atoms with van der Waals surface area (Å²) in [5.41, 5.74) is 1.79. The van der Waals surface area contributed by atoms with Crippen molar-refractivity contribution in [3.63, 3.8) is 0 Å². The summed E-state index contributed by atoms with van der Waals surface area (Å²) in [5, 5.41) is 13.2. The molecule has 1 aliphatic rings. The van der Waals surface area contributed by atoms with E-state index < -0.39 is 0 Å². The van der Waals surface area contributed by atoms with Crippen LogP contribution in [0.15, 0.2) is 36.4 Å². The molecule has 0 radical (unpaired) electrons. The van der Waals surface area contributed by atoms with Crippen LogP contribution in [0.25, 0.3) is 0 Å². The number of hydrogen-bond donors (Lipinski definition) is 2. The number of phenolic OH excluding ortho intramolecular Hbond substituents is 1. The van der Waals surface area contributed by atoms with E-state index in [0.717, 1.165) is 11.3 Å². The highest BCUT2D eigenvalue weighted by atomic mass is 127. The number of phenols is 1. The van der Waals surface area contributed by atoms with Crippen molar-refractivity contribution in [3.05, 3.63) is 45.5 Å². The predicted octanol–water partition coefficient (Wildman–Crippen LogP) is 3.34. The van der Waals surface area contributed by atoms with Gasteiger partial charge >= 0.3 is 0 Å². The number of aromatic hydroxyl groups is 1. The van der Waals surface area contributed by atoms with E-state index in [2.05, 4.69) is 27.9 Å². The molecule has 0 unspecified atom stereocenters. The molecule has 19 heavy (non-hydrogen) atoms. The van der Waals surface area contributed by atoms with Crippen LogP contribution in [0.3, 0.4) is 0 Å². The van der Waals surface area contributed by atoms with Gasteiger partial charge in [-0.25, -0.2) is 0 Å². The first-order valence-electron chi connectivity index (χ1n) is 5.83. The van der Waals surface area contributed by atoms with Crippen molar-refractivity contribution in [2.75, 3.05) is 12.1 Å². The lowest BCUT2D eigenvalue weighted by Crippen LogP contribution is -1.99. The molecule has 0 aromatic heterocycles. The second-order valence-corrected chi connectivity index (χ2v) is 5.44. The lowest BCUT2D eigenvalue weighted by molar-refractivity contribution is 0.174. The Morgan fingerprint density at radius 1 is 1.11 bits per heavy atom. The second kappa shape index (κ2) is 5.16. The van der Waals surface area contributed by atoms with Crippen molar-refractivity contribution in [1.82, 2.24) is 0 Å². The summed E-state index contributed by atoms with van der Waals surface area (Å²) in [6.45, 7) is 0.742. The summed E-state index contributed by atoms with van der Waals surface area (Å²) in [7, 11) is 0. The van der Waals surface area contributed by atoms with Crippen LogP contribution in [0.4, 0.5) is 5.69 Å². The minimum Gasteiger partial charge on any atom is -0.507 e. The average molecular weight is 369 g/mol. The topological polar surface area (TPSA) is 50.7 Å². The minimum absolute atomic E-state index is 0.210. The fourth-order valence-electron chi connectivity index (χ4n) is 1.88. The Morgan fingerprint density at radius 2 is 1.79 bits per heavy atom. The molecule has 0 saturated heterocycles. The molecule has 0 aliphatic carbocycles. The maximum absolute atomic E-state index is 9.92. The molecule has 1 heterocycles. The van der Waals surface area contributed by atoms with Gasteiger partial charge in [0.05, 0.1) is 0 Å². The number of ether oxygens (including phenoxy) is 2. The lowest BCUT2D eigenvalue weighted by Gasteiger charge is -2.09. The Labute approximate surface area is 124 Å². The monoisotopic (exact) mass is 369 g/mol. The van der Waals surface area contributed by atoms with Gasteiger partial charge in [-0.05, 0) is 52.9 Å². The minimum atomic E-state index is 0.210. The predicted molar refractivity (Wildman–Crippen MR) is 80.7 cm³/mol. The fourth-order valence-corrected chi connectivity index (χ4v) is 2.24. The van der Waals surface area contributed by atoms with Crippen LogP contribution in [-0.4, -0.2) is 11.9 Å². The number of fused-ring (bicyclic) bond motifs is 1. The normalized spacial score (nSPS) is 12.5. The highest BCUT2D eigenvalue weighted by Crippen LogP contribution is 2.37. The molecule has 2 aromatic rings. The Balaban J connectivity index is 1.75. The molecule has 4 nitrogen and oxygen atoms in total. The van der Waals surface area contributed by atoms with Crippen LogP contribution in [0.1, 0.15) is 5.56 Å². The number of nitrogens with one attached hydrogen (secondary N) is 1. The van der Waals surface area contributed by atoms with Crippen LogP contribution in [0.2, 0.25) is 0 Å². The molecular formula is C14H12INO3. The van der Waals surface area contributed by atoms with E-state index in [1.807, 2.05) is 24.3 Å². The molecule has 0 spiro atoms. The molecule has 0 bridgehead atoms. The molecule has 0 saturated carbocycles. The smallest absolute Gasteiger partial charge is 0.231 e. The molecule has 0 fully saturated rings. The van der Waals surface area contributed by atoms with Gasteiger partial charge in [0.1, 0.15) is 5.75 Å². The summed E-state index contributed by atoms with van der Waals surface area (Å²) in [6.07, 6.45) is 0. The zero-order valence-electron chi connectivity index (χ0n) is 10.0. The molecule has 0 atom stereocenters. The van der Waals surface area contributed by atoms with Gasteiger partial charge < -0.3 is 19.9 Å². The van der Waals surface area contributed by atoms with Gasteiger partial charge in [0.15, 0.2) is 11.5 Å². The van der Waals surface area contributed by atoms with Crippen LogP contribution < -0.4 is 14.8 Å². The van der Waals surface area contributed by atoms with E-state index in [1.54, 1.807) is 12.1 Å². The third-order valence-electron chi connectivity index (χ3n) is 2.90. The summed E-state index contributed by atoms with van der Waals surface area (Å²) >= 11 is 2.26. The summed E-state index contributed by atoms with van der Waals surface area (Å²) in [6, 6.07) is 11.5. The van der Waals surface area contributed by atoms with Crippen molar-refractivity contribution in [2.24, 2.45) is 0 Å². The van der Waals surface area contributed by atoms with Crippen LogP contribution >= 0.6 is 22.6 Å². The van der Waals surface area contributed by atoms with Gasteiger partial charge in [0, 0.05) is 27.4 Å². The van der Waals surface area contributed by atoms with E-state index in [0.29, 0.717) is 18.0 Å². The average Bonchev–Trinajstić information content (AvgIpc) is 2.85. The zero-order valence-corrected chi connectivity index (χ0v) is 12.2. The van der Waals surface area contributed by atoms with Crippen molar-refractivity contribution in [2.45, 2.75) is 6.54 Å². The highest BCUT2D eigenvalue weighted by Gasteiger charge is 2.16. The number of rotatable bonds is 3. The van der Waals surface area contributed by atoms with E-state index in [9.17, 15) is 5.11 Å².